The number of anilines is 2. The van der Waals surface area contributed by atoms with Crippen molar-refractivity contribution in [2.45, 2.75) is 13.0 Å². The maximum absolute atomic E-state index is 4.76. The van der Waals surface area contributed by atoms with E-state index < -0.39 is 0 Å². The summed E-state index contributed by atoms with van der Waals surface area (Å²) in [4.78, 5) is 12.4. The van der Waals surface area contributed by atoms with E-state index in [0.717, 1.165) is 13.0 Å². The SMILES string of the molecule is CN(CCc1cnn(C)c1)c1nc2nonc2nc1NCc1cccs1. The van der Waals surface area contributed by atoms with Gasteiger partial charge in [-0.15, -0.1) is 11.3 Å². The van der Waals surface area contributed by atoms with Gasteiger partial charge in [-0.2, -0.15) is 5.10 Å². The van der Waals surface area contributed by atoms with Crippen LogP contribution in [0.15, 0.2) is 34.5 Å². The Labute approximate surface area is 153 Å². The zero-order chi connectivity index (χ0) is 17.9. The van der Waals surface area contributed by atoms with Crippen molar-refractivity contribution in [1.29, 1.82) is 0 Å². The van der Waals surface area contributed by atoms with Gasteiger partial charge in [-0.05, 0) is 33.7 Å². The molecule has 0 amide bonds. The third-order valence-electron chi connectivity index (χ3n) is 3.96. The Bertz CT molecular complexity index is 993. The largest absolute Gasteiger partial charge is 0.362 e. The van der Waals surface area contributed by atoms with E-state index in [1.165, 1.54) is 10.4 Å². The number of aryl methyl sites for hydroxylation is 1. The van der Waals surface area contributed by atoms with Gasteiger partial charge in [0.15, 0.2) is 11.6 Å². The van der Waals surface area contributed by atoms with Gasteiger partial charge in [-0.25, -0.2) is 14.6 Å². The molecule has 9 nitrogen and oxygen atoms in total. The number of fused-ring (bicyclic) bond motifs is 1. The summed E-state index contributed by atoms with van der Waals surface area (Å²) in [6.45, 7) is 1.44. The van der Waals surface area contributed by atoms with Gasteiger partial charge < -0.3 is 10.2 Å². The van der Waals surface area contributed by atoms with Crippen molar-refractivity contribution in [3.05, 3.63) is 40.3 Å². The lowest BCUT2D eigenvalue weighted by atomic mass is 10.2. The second-order valence-corrected chi connectivity index (χ2v) is 6.97. The Morgan fingerprint density at radius 2 is 2.12 bits per heavy atom. The van der Waals surface area contributed by atoms with E-state index in [4.69, 9.17) is 4.63 Å². The van der Waals surface area contributed by atoms with Crippen molar-refractivity contribution >= 4 is 34.3 Å². The monoisotopic (exact) mass is 370 g/mol. The van der Waals surface area contributed by atoms with E-state index in [0.29, 0.717) is 29.5 Å². The number of nitrogens with one attached hydrogen (secondary N) is 1. The Morgan fingerprint density at radius 3 is 2.85 bits per heavy atom. The van der Waals surface area contributed by atoms with E-state index in [-0.39, 0.29) is 0 Å². The van der Waals surface area contributed by atoms with Crippen LogP contribution < -0.4 is 10.2 Å². The summed E-state index contributed by atoms with van der Waals surface area (Å²) >= 11 is 1.69. The van der Waals surface area contributed by atoms with Crippen molar-refractivity contribution < 1.29 is 4.63 Å². The summed E-state index contributed by atoms with van der Waals surface area (Å²) in [5.74, 6) is 1.38. The van der Waals surface area contributed by atoms with Gasteiger partial charge >= 0.3 is 0 Å². The smallest absolute Gasteiger partial charge is 0.245 e. The molecule has 26 heavy (non-hydrogen) atoms. The zero-order valence-electron chi connectivity index (χ0n) is 14.5. The van der Waals surface area contributed by atoms with Gasteiger partial charge in [0.25, 0.3) is 0 Å². The fraction of sp³-hybridized carbons (Fsp3) is 0.312. The topological polar surface area (TPSA) is 97.8 Å². The van der Waals surface area contributed by atoms with E-state index in [1.807, 2.05) is 42.8 Å². The zero-order valence-corrected chi connectivity index (χ0v) is 15.3. The van der Waals surface area contributed by atoms with Gasteiger partial charge in [0.1, 0.15) is 0 Å². The number of thiophene rings is 1. The Balaban J connectivity index is 1.55. The van der Waals surface area contributed by atoms with Crippen LogP contribution in [0, 0.1) is 0 Å². The third-order valence-corrected chi connectivity index (χ3v) is 4.84. The molecule has 4 heterocycles. The van der Waals surface area contributed by atoms with Gasteiger partial charge in [0.05, 0.1) is 12.7 Å². The number of hydrogen-bond donors (Lipinski definition) is 1. The third kappa shape index (κ3) is 3.49. The van der Waals surface area contributed by atoms with Crippen LogP contribution in [0.3, 0.4) is 0 Å². The van der Waals surface area contributed by atoms with Crippen molar-refractivity contribution in [3.63, 3.8) is 0 Å². The molecule has 4 aromatic rings. The van der Waals surface area contributed by atoms with Crippen LogP contribution in [0.5, 0.6) is 0 Å². The normalized spacial score (nSPS) is 11.2. The molecule has 0 saturated carbocycles. The van der Waals surface area contributed by atoms with Gasteiger partial charge in [0.2, 0.25) is 11.3 Å². The molecule has 0 atom stereocenters. The molecule has 0 aliphatic carbocycles. The molecular formula is C16H18N8OS. The highest BCUT2D eigenvalue weighted by Gasteiger charge is 2.16. The molecule has 4 rings (SSSR count). The Hall–Kier alpha value is -3.01. The Kier molecular flexibility index (Phi) is 4.48. The van der Waals surface area contributed by atoms with Crippen molar-refractivity contribution in [3.8, 4) is 0 Å². The first-order chi connectivity index (χ1) is 12.7. The minimum Gasteiger partial charge on any atom is -0.362 e. The summed E-state index contributed by atoms with van der Waals surface area (Å²) in [6.07, 6.45) is 4.74. The van der Waals surface area contributed by atoms with Crippen LogP contribution in [-0.2, 0) is 20.0 Å². The molecule has 134 valence electrons. The summed E-state index contributed by atoms with van der Waals surface area (Å²) in [6, 6.07) is 4.10. The summed E-state index contributed by atoms with van der Waals surface area (Å²) < 4.78 is 6.56. The van der Waals surface area contributed by atoms with Crippen LogP contribution >= 0.6 is 11.3 Å². The lowest BCUT2D eigenvalue weighted by molar-refractivity contribution is 0.314. The number of hydrogen-bond acceptors (Lipinski definition) is 9. The van der Waals surface area contributed by atoms with Gasteiger partial charge in [0, 0.05) is 31.7 Å². The van der Waals surface area contributed by atoms with Crippen molar-refractivity contribution in [2.24, 2.45) is 7.05 Å². The minimum absolute atomic E-state index is 0.392. The molecule has 0 unspecified atom stereocenters. The number of rotatable bonds is 7. The van der Waals surface area contributed by atoms with Crippen LogP contribution in [0.25, 0.3) is 11.3 Å². The first-order valence-electron chi connectivity index (χ1n) is 8.14. The van der Waals surface area contributed by atoms with E-state index in [9.17, 15) is 0 Å². The molecule has 0 aliphatic rings. The summed E-state index contributed by atoms with van der Waals surface area (Å²) in [5, 5.41) is 17.2. The molecule has 0 radical (unpaired) electrons. The summed E-state index contributed by atoms with van der Waals surface area (Å²) in [7, 11) is 3.90. The average Bonchev–Trinajstić information content (AvgIpc) is 3.38. The highest BCUT2D eigenvalue weighted by atomic mass is 32.1. The fourth-order valence-corrected chi connectivity index (χ4v) is 3.25. The molecule has 0 aromatic carbocycles. The predicted molar refractivity (Wildman–Crippen MR) is 99.2 cm³/mol. The molecule has 0 bridgehead atoms. The average molecular weight is 370 g/mol. The lowest BCUT2D eigenvalue weighted by Gasteiger charge is -2.20. The fourth-order valence-electron chi connectivity index (χ4n) is 2.60. The number of aromatic nitrogens is 6. The second kappa shape index (κ2) is 7.08. The minimum atomic E-state index is 0.392. The van der Waals surface area contributed by atoms with Gasteiger partial charge in [-0.1, -0.05) is 6.07 Å². The Morgan fingerprint density at radius 1 is 1.27 bits per heavy atom. The highest BCUT2D eigenvalue weighted by Crippen LogP contribution is 2.24. The molecular weight excluding hydrogens is 352 g/mol. The summed E-state index contributed by atoms with van der Waals surface area (Å²) in [5.41, 5.74) is 1.96. The molecule has 4 aromatic heterocycles. The van der Waals surface area contributed by atoms with Crippen LogP contribution in [0.1, 0.15) is 10.4 Å². The van der Waals surface area contributed by atoms with Crippen LogP contribution in [0.2, 0.25) is 0 Å². The molecule has 1 N–H and O–H groups in total. The standard InChI is InChI=1S/C16H18N8OS/c1-23(6-5-11-8-18-24(2)10-11)16-15(17-9-12-4-3-7-26-12)19-13-14(20-16)22-25-21-13/h3-4,7-8,10H,5-6,9H2,1-2H3,(H,17,19,21). The van der Waals surface area contributed by atoms with Gasteiger partial charge in [-0.3, -0.25) is 4.68 Å². The van der Waals surface area contributed by atoms with Crippen molar-refractivity contribution in [2.75, 3.05) is 23.8 Å². The quantitative estimate of drug-likeness (QED) is 0.528. The molecule has 10 heteroatoms. The van der Waals surface area contributed by atoms with Crippen LogP contribution in [-0.4, -0.2) is 43.7 Å². The van der Waals surface area contributed by atoms with Crippen LogP contribution in [0.4, 0.5) is 11.6 Å². The van der Waals surface area contributed by atoms with E-state index in [1.54, 1.807) is 16.0 Å². The molecule has 0 saturated heterocycles. The number of nitrogens with zero attached hydrogens (tertiary/aromatic N) is 7. The maximum Gasteiger partial charge on any atom is 0.245 e. The highest BCUT2D eigenvalue weighted by molar-refractivity contribution is 7.09. The van der Waals surface area contributed by atoms with Crippen molar-refractivity contribution in [1.82, 2.24) is 30.1 Å². The van der Waals surface area contributed by atoms with E-state index >= 15 is 0 Å². The van der Waals surface area contributed by atoms with E-state index in [2.05, 4.69) is 36.8 Å². The molecule has 0 fully saturated rings. The first kappa shape index (κ1) is 16.5. The molecule has 0 aliphatic heterocycles. The first-order valence-corrected chi connectivity index (χ1v) is 9.02. The number of likely N-dealkylation sites (N-methyl/N-ethyl adjacent to an activating group) is 1. The second-order valence-electron chi connectivity index (χ2n) is 5.93. The maximum atomic E-state index is 4.76. The molecule has 0 spiro atoms. The lowest BCUT2D eigenvalue weighted by Crippen LogP contribution is -2.23. The predicted octanol–water partition coefficient (Wildman–Crippen LogP) is 2.10.